The van der Waals surface area contributed by atoms with Gasteiger partial charge >= 0.3 is 0 Å². The fraction of sp³-hybridized carbons (Fsp3) is 0.654. The number of nitrogens with zero attached hydrogens (tertiary/aromatic N) is 1. The highest BCUT2D eigenvalue weighted by atomic mass is 16.2. The summed E-state index contributed by atoms with van der Waals surface area (Å²) >= 11 is 0. The molecule has 0 aliphatic carbocycles. The van der Waals surface area contributed by atoms with Crippen LogP contribution in [0.2, 0.25) is 0 Å². The monoisotopic (exact) mass is 443 g/mol. The van der Waals surface area contributed by atoms with E-state index in [1.54, 1.807) is 11.9 Å². The van der Waals surface area contributed by atoms with Gasteiger partial charge in [-0.25, -0.2) is 0 Å². The molecule has 1 aromatic rings. The standard InChI is InChI=1S/C26H41N3O3/c1-3-4-5-6-7-8-12-18-24(30)29(2)23(20-21-15-10-9-11-16-21)26(32)28-22-17-13-14-19-27-25(22)31/h9-11,15-16,22-23H,3-8,12-14,17-20H2,1-2H3,(H,27,31)(H,28,32)/t22-,23+/m0/s1. The molecule has 6 nitrogen and oxygen atoms in total. The number of amides is 3. The number of nitrogens with one attached hydrogen (secondary N) is 2. The summed E-state index contributed by atoms with van der Waals surface area (Å²) in [5, 5.41) is 5.77. The number of carbonyl (C=O) groups excluding carboxylic acids is 3. The van der Waals surface area contributed by atoms with E-state index in [0.29, 0.717) is 25.8 Å². The van der Waals surface area contributed by atoms with Crippen molar-refractivity contribution in [1.29, 1.82) is 0 Å². The van der Waals surface area contributed by atoms with Crippen LogP contribution in [0.4, 0.5) is 0 Å². The second-order valence-electron chi connectivity index (χ2n) is 8.93. The lowest BCUT2D eigenvalue weighted by atomic mass is 10.0. The summed E-state index contributed by atoms with van der Waals surface area (Å²) in [7, 11) is 1.71. The van der Waals surface area contributed by atoms with Crippen molar-refractivity contribution in [3.05, 3.63) is 35.9 Å². The molecule has 1 heterocycles. The molecule has 1 aromatic carbocycles. The van der Waals surface area contributed by atoms with Gasteiger partial charge in [0.25, 0.3) is 0 Å². The molecule has 178 valence electrons. The third-order valence-electron chi connectivity index (χ3n) is 6.28. The number of benzene rings is 1. The molecule has 0 unspecified atom stereocenters. The third kappa shape index (κ3) is 9.01. The molecule has 32 heavy (non-hydrogen) atoms. The third-order valence-corrected chi connectivity index (χ3v) is 6.28. The Balaban J connectivity index is 1.96. The minimum Gasteiger partial charge on any atom is -0.354 e. The van der Waals surface area contributed by atoms with Crippen LogP contribution in [0.3, 0.4) is 0 Å². The second kappa shape index (κ2) is 14.6. The minimum absolute atomic E-state index is 0.0139. The lowest BCUT2D eigenvalue weighted by Crippen LogP contribution is -2.54. The summed E-state index contributed by atoms with van der Waals surface area (Å²) in [6.07, 6.45) is 11.4. The van der Waals surface area contributed by atoms with E-state index in [-0.39, 0.29) is 17.7 Å². The molecule has 2 rings (SSSR count). The summed E-state index contributed by atoms with van der Waals surface area (Å²) in [5.41, 5.74) is 0.994. The maximum atomic E-state index is 13.2. The highest BCUT2D eigenvalue weighted by Crippen LogP contribution is 2.14. The van der Waals surface area contributed by atoms with Crippen LogP contribution in [0.5, 0.6) is 0 Å². The Bertz CT molecular complexity index is 708. The van der Waals surface area contributed by atoms with Gasteiger partial charge in [-0.1, -0.05) is 75.8 Å². The van der Waals surface area contributed by atoms with E-state index in [9.17, 15) is 14.4 Å². The van der Waals surface area contributed by atoms with E-state index < -0.39 is 12.1 Å². The number of hydrogen-bond acceptors (Lipinski definition) is 3. The van der Waals surface area contributed by atoms with Gasteiger partial charge in [0.05, 0.1) is 0 Å². The number of hydrogen-bond donors (Lipinski definition) is 2. The molecular formula is C26H41N3O3. The highest BCUT2D eigenvalue weighted by Gasteiger charge is 2.30. The topological polar surface area (TPSA) is 78.5 Å². The van der Waals surface area contributed by atoms with Crippen LogP contribution in [0, 0.1) is 0 Å². The van der Waals surface area contributed by atoms with E-state index >= 15 is 0 Å². The maximum absolute atomic E-state index is 13.2. The predicted molar refractivity (Wildman–Crippen MR) is 128 cm³/mol. The van der Waals surface area contributed by atoms with Crippen molar-refractivity contribution >= 4 is 17.7 Å². The number of unbranched alkanes of at least 4 members (excludes halogenated alkanes) is 6. The van der Waals surface area contributed by atoms with Crippen molar-refractivity contribution in [1.82, 2.24) is 15.5 Å². The molecule has 1 fully saturated rings. The zero-order valence-corrected chi connectivity index (χ0v) is 19.9. The Labute approximate surface area is 193 Å². The van der Waals surface area contributed by atoms with Crippen LogP contribution in [-0.2, 0) is 20.8 Å². The molecule has 1 aliphatic rings. The molecule has 2 N–H and O–H groups in total. The molecule has 1 aliphatic heterocycles. The summed E-state index contributed by atoms with van der Waals surface area (Å²) in [6.45, 7) is 2.86. The summed E-state index contributed by atoms with van der Waals surface area (Å²) in [6, 6.07) is 8.57. The Morgan fingerprint density at radius 2 is 1.75 bits per heavy atom. The fourth-order valence-corrected chi connectivity index (χ4v) is 4.17. The quantitative estimate of drug-likeness (QED) is 0.453. The van der Waals surface area contributed by atoms with Gasteiger partial charge in [-0.15, -0.1) is 0 Å². The molecular weight excluding hydrogens is 402 g/mol. The van der Waals surface area contributed by atoms with Gasteiger partial charge in [0, 0.05) is 26.4 Å². The SMILES string of the molecule is CCCCCCCCCC(=O)N(C)[C@H](Cc1ccccc1)C(=O)N[C@H]1CCCCNC1=O. The van der Waals surface area contributed by atoms with Gasteiger partial charge in [0.1, 0.15) is 12.1 Å². The minimum atomic E-state index is -0.634. The van der Waals surface area contributed by atoms with Gasteiger partial charge in [-0.05, 0) is 31.2 Å². The molecule has 2 atom stereocenters. The molecule has 3 amide bonds. The van der Waals surface area contributed by atoms with Gasteiger partial charge in [0.2, 0.25) is 17.7 Å². The molecule has 6 heteroatoms. The van der Waals surface area contributed by atoms with E-state index in [1.807, 2.05) is 30.3 Å². The summed E-state index contributed by atoms with van der Waals surface area (Å²) < 4.78 is 0. The van der Waals surface area contributed by atoms with Crippen LogP contribution in [-0.4, -0.2) is 48.3 Å². The van der Waals surface area contributed by atoms with E-state index in [2.05, 4.69) is 17.6 Å². The van der Waals surface area contributed by atoms with Crippen molar-refractivity contribution < 1.29 is 14.4 Å². The van der Waals surface area contributed by atoms with Gasteiger partial charge in [-0.3, -0.25) is 14.4 Å². The summed E-state index contributed by atoms with van der Waals surface area (Å²) in [4.78, 5) is 40.0. The maximum Gasteiger partial charge on any atom is 0.243 e. The Morgan fingerprint density at radius 1 is 1.06 bits per heavy atom. The van der Waals surface area contributed by atoms with Crippen LogP contribution in [0.25, 0.3) is 0 Å². The predicted octanol–water partition coefficient (Wildman–Crippen LogP) is 3.98. The average Bonchev–Trinajstić information content (AvgIpc) is 3.00. The number of likely N-dealkylation sites (N-methyl/N-ethyl adjacent to an activating group) is 1. The van der Waals surface area contributed by atoms with Crippen LogP contribution in [0.15, 0.2) is 30.3 Å². The fourth-order valence-electron chi connectivity index (χ4n) is 4.17. The normalized spacial score (nSPS) is 17.2. The largest absolute Gasteiger partial charge is 0.354 e. The van der Waals surface area contributed by atoms with Crippen molar-refractivity contribution in [2.75, 3.05) is 13.6 Å². The zero-order valence-electron chi connectivity index (χ0n) is 19.9. The smallest absolute Gasteiger partial charge is 0.243 e. The Hall–Kier alpha value is -2.37. The first-order chi connectivity index (χ1) is 15.5. The zero-order chi connectivity index (χ0) is 23.2. The van der Waals surface area contributed by atoms with Crippen molar-refractivity contribution in [2.24, 2.45) is 0 Å². The van der Waals surface area contributed by atoms with E-state index in [1.165, 1.54) is 25.7 Å². The van der Waals surface area contributed by atoms with Gasteiger partial charge in [-0.2, -0.15) is 0 Å². The van der Waals surface area contributed by atoms with Crippen LogP contribution in [0.1, 0.15) is 83.1 Å². The first kappa shape index (κ1) is 25.9. The number of carbonyl (C=O) groups is 3. The molecule has 0 spiro atoms. The Morgan fingerprint density at radius 3 is 2.47 bits per heavy atom. The molecule has 0 saturated carbocycles. The van der Waals surface area contributed by atoms with E-state index in [0.717, 1.165) is 37.7 Å². The van der Waals surface area contributed by atoms with Gasteiger partial charge < -0.3 is 15.5 Å². The Kier molecular flexibility index (Phi) is 11.8. The van der Waals surface area contributed by atoms with Crippen molar-refractivity contribution in [3.8, 4) is 0 Å². The molecule has 0 radical (unpaired) electrons. The summed E-state index contributed by atoms with van der Waals surface area (Å²) in [5.74, 6) is -0.405. The first-order valence-electron chi connectivity index (χ1n) is 12.4. The molecule has 0 aromatic heterocycles. The second-order valence-corrected chi connectivity index (χ2v) is 8.93. The van der Waals surface area contributed by atoms with E-state index in [4.69, 9.17) is 0 Å². The average molecular weight is 444 g/mol. The lowest BCUT2D eigenvalue weighted by molar-refractivity contribution is -0.140. The molecule has 1 saturated heterocycles. The first-order valence-corrected chi connectivity index (χ1v) is 12.4. The number of rotatable bonds is 13. The highest BCUT2D eigenvalue weighted by molar-refractivity contribution is 5.92. The van der Waals surface area contributed by atoms with Crippen LogP contribution >= 0.6 is 0 Å². The van der Waals surface area contributed by atoms with Gasteiger partial charge in [0.15, 0.2) is 0 Å². The van der Waals surface area contributed by atoms with Crippen molar-refractivity contribution in [2.45, 2.75) is 96.1 Å². The molecule has 0 bridgehead atoms. The lowest BCUT2D eigenvalue weighted by Gasteiger charge is -2.29. The van der Waals surface area contributed by atoms with Crippen LogP contribution < -0.4 is 10.6 Å². The van der Waals surface area contributed by atoms with Crippen molar-refractivity contribution in [3.63, 3.8) is 0 Å².